The van der Waals surface area contributed by atoms with Crippen LogP contribution >= 0.6 is 0 Å². The second-order valence-electron chi connectivity index (χ2n) is 8.94. The molecule has 29 heavy (non-hydrogen) atoms. The number of rotatable bonds is 6. The Morgan fingerprint density at radius 1 is 1.24 bits per heavy atom. The van der Waals surface area contributed by atoms with Crippen molar-refractivity contribution in [1.29, 1.82) is 0 Å². The van der Waals surface area contributed by atoms with E-state index in [0.29, 0.717) is 24.1 Å². The van der Waals surface area contributed by atoms with E-state index in [1.165, 1.54) is 0 Å². The largest absolute Gasteiger partial charge is 0.397 e. The Labute approximate surface area is 170 Å². The van der Waals surface area contributed by atoms with Crippen LogP contribution in [0.1, 0.15) is 55.8 Å². The molecule has 8 heteroatoms. The van der Waals surface area contributed by atoms with E-state index < -0.39 is 12.1 Å². The molecule has 162 valence electrons. The number of nitrogens with two attached hydrogens (primary N) is 1. The van der Waals surface area contributed by atoms with Crippen LogP contribution in [-0.2, 0) is 0 Å². The van der Waals surface area contributed by atoms with Crippen molar-refractivity contribution in [3.63, 3.8) is 0 Å². The van der Waals surface area contributed by atoms with E-state index in [1.54, 1.807) is 13.1 Å². The molecule has 2 saturated carbocycles. The maximum absolute atomic E-state index is 13.0. The quantitative estimate of drug-likeness (QED) is 0.606. The Balaban J connectivity index is 1.74. The molecule has 0 aromatic heterocycles. The average Bonchev–Trinajstić information content (AvgIpc) is 3.37. The molecular weight excluding hydrogens is 381 g/mol. The second-order valence-corrected chi connectivity index (χ2v) is 8.94. The molecule has 4 N–H and O–H groups in total. The molecule has 0 aliphatic heterocycles. The Kier molecular flexibility index (Phi) is 5.92. The number of carbonyl (C=O) groups is 1. The molecule has 5 nitrogen and oxygen atoms in total. The standard InChI is InChI=1S/C21H31F3N4O/c1-20(8-9-20)12-28(3)18-11-17(26-2)16(25)10-15(18)19(29)27-14-6-4-13(5-7-14)21(22,23)24/h10-11,13-14,26H,4-9,12,25H2,1-3H3,(H,27,29)/t13-,14-. The first-order chi connectivity index (χ1) is 13.5. The Bertz CT molecular complexity index is 753. The van der Waals surface area contributed by atoms with Crippen LogP contribution in [0, 0.1) is 11.3 Å². The molecule has 0 radical (unpaired) electrons. The molecule has 1 amide bonds. The van der Waals surface area contributed by atoms with Crippen LogP contribution in [0.5, 0.6) is 0 Å². The van der Waals surface area contributed by atoms with Crippen molar-refractivity contribution >= 4 is 23.0 Å². The van der Waals surface area contributed by atoms with Crippen LogP contribution < -0.4 is 21.3 Å². The van der Waals surface area contributed by atoms with E-state index in [9.17, 15) is 18.0 Å². The molecule has 0 saturated heterocycles. The van der Waals surface area contributed by atoms with Crippen molar-refractivity contribution in [1.82, 2.24) is 5.32 Å². The van der Waals surface area contributed by atoms with Gasteiger partial charge >= 0.3 is 6.18 Å². The van der Waals surface area contributed by atoms with E-state index >= 15 is 0 Å². The molecule has 2 fully saturated rings. The van der Waals surface area contributed by atoms with Crippen LogP contribution in [0.25, 0.3) is 0 Å². The van der Waals surface area contributed by atoms with Crippen molar-refractivity contribution in [2.24, 2.45) is 11.3 Å². The van der Waals surface area contributed by atoms with Crippen LogP contribution in [-0.4, -0.2) is 38.8 Å². The number of nitrogens with zero attached hydrogens (tertiary/aromatic N) is 1. The summed E-state index contributed by atoms with van der Waals surface area (Å²) >= 11 is 0. The van der Waals surface area contributed by atoms with Crippen molar-refractivity contribution in [3.05, 3.63) is 17.7 Å². The molecule has 3 rings (SSSR count). The van der Waals surface area contributed by atoms with Gasteiger partial charge in [-0.2, -0.15) is 13.2 Å². The number of halogens is 3. The van der Waals surface area contributed by atoms with Gasteiger partial charge in [0, 0.05) is 26.7 Å². The minimum Gasteiger partial charge on any atom is -0.397 e. The Morgan fingerprint density at radius 2 is 1.86 bits per heavy atom. The molecule has 0 bridgehead atoms. The fraction of sp³-hybridized carbons (Fsp3) is 0.667. The fourth-order valence-electron chi connectivity index (χ4n) is 4.18. The van der Waals surface area contributed by atoms with Gasteiger partial charge in [-0.05, 0) is 56.1 Å². The highest BCUT2D eigenvalue weighted by Crippen LogP contribution is 2.46. The molecule has 0 atom stereocenters. The summed E-state index contributed by atoms with van der Waals surface area (Å²) < 4.78 is 38.6. The number of nitrogens with one attached hydrogen (secondary N) is 2. The number of anilines is 3. The van der Waals surface area contributed by atoms with Gasteiger partial charge in [-0.1, -0.05) is 6.92 Å². The molecule has 0 heterocycles. The topological polar surface area (TPSA) is 70.4 Å². The highest BCUT2D eigenvalue weighted by Gasteiger charge is 2.42. The van der Waals surface area contributed by atoms with Crippen LogP contribution in [0.2, 0.25) is 0 Å². The summed E-state index contributed by atoms with van der Waals surface area (Å²) in [5.74, 6) is -1.54. The average molecular weight is 413 g/mol. The van der Waals surface area contributed by atoms with Gasteiger partial charge in [0.25, 0.3) is 5.91 Å². The van der Waals surface area contributed by atoms with E-state index in [4.69, 9.17) is 5.73 Å². The van der Waals surface area contributed by atoms with Crippen molar-refractivity contribution < 1.29 is 18.0 Å². The lowest BCUT2D eigenvalue weighted by molar-refractivity contribution is -0.182. The molecule has 2 aliphatic carbocycles. The Morgan fingerprint density at radius 3 is 2.38 bits per heavy atom. The monoisotopic (exact) mass is 412 g/mol. The molecule has 1 aromatic carbocycles. The lowest BCUT2D eigenvalue weighted by Gasteiger charge is -2.31. The summed E-state index contributed by atoms with van der Waals surface area (Å²) in [6.45, 7) is 3.05. The van der Waals surface area contributed by atoms with E-state index in [2.05, 4.69) is 22.5 Å². The minimum absolute atomic E-state index is 0.0559. The third kappa shape index (κ3) is 5.08. The molecular formula is C21H31F3N4O. The predicted molar refractivity (Wildman–Crippen MR) is 110 cm³/mol. The van der Waals surface area contributed by atoms with Gasteiger partial charge in [0.1, 0.15) is 0 Å². The molecule has 2 aliphatic rings. The number of hydrogen-bond donors (Lipinski definition) is 3. The lowest BCUT2D eigenvalue weighted by Crippen LogP contribution is -2.40. The van der Waals surface area contributed by atoms with Gasteiger partial charge in [0.2, 0.25) is 0 Å². The SMILES string of the molecule is CNc1cc(N(C)CC2(C)CC2)c(C(=O)N[C@H]2CC[C@H](C(F)(F)F)CC2)cc1N. The number of benzene rings is 1. The number of hydrogen-bond acceptors (Lipinski definition) is 4. The summed E-state index contributed by atoms with van der Waals surface area (Å²) in [5, 5.41) is 5.98. The summed E-state index contributed by atoms with van der Waals surface area (Å²) in [7, 11) is 3.73. The highest BCUT2D eigenvalue weighted by molar-refractivity contribution is 6.02. The zero-order valence-corrected chi connectivity index (χ0v) is 17.3. The summed E-state index contributed by atoms with van der Waals surface area (Å²) in [4.78, 5) is 15.1. The van der Waals surface area contributed by atoms with Crippen LogP contribution in [0.15, 0.2) is 12.1 Å². The minimum atomic E-state index is -4.15. The predicted octanol–water partition coefficient (Wildman–Crippen LogP) is 4.40. The number of alkyl halides is 3. The first kappa shape index (κ1) is 21.6. The number of amides is 1. The van der Waals surface area contributed by atoms with Gasteiger partial charge in [-0.3, -0.25) is 4.79 Å². The van der Waals surface area contributed by atoms with Crippen molar-refractivity contribution in [2.45, 2.75) is 57.7 Å². The molecule has 0 spiro atoms. The summed E-state index contributed by atoms with van der Waals surface area (Å²) in [6.07, 6.45) is -1.04. The third-order valence-electron chi connectivity index (χ3n) is 6.34. The first-order valence-electron chi connectivity index (χ1n) is 10.2. The zero-order chi connectivity index (χ0) is 21.4. The molecule has 1 aromatic rings. The van der Waals surface area contributed by atoms with Crippen molar-refractivity contribution in [3.8, 4) is 0 Å². The fourth-order valence-corrected chi connectivity index (χ4v) is 4.18. The van der Waals surface area contributed by atoms with Gasteiger partial charge in [0.15, 0.2) is 0 Å². The maximum Gasteiger partial charge on any atom is 0.391 e. The van der Waals surface area contributed by atoms with Gasteiger partial charge in [-0.25, -0.2) is 0 Å². The highest BCUT2D eigenvalue weighted by atomic mass is 19.4. The van der Waals surface area contributed by atoms with Gasteiger partial charge in [-0.15, -0.1) is 0 Å². The zero-order valence-electron chi connectivity index (χ0n) is 17.3. The van der Waals surface area contributed by atoms with Gasteiger partial charge < -0.3 is 21.3 Å². The number of nitrogen functional groups attached to an aromatic ring is 1. The van der Waals surface area contributed by atoms with Crippen molar-refractivity contribution in [2.75, 3.05) is 36.6 Å². The summed E-state index contributed by atoms with van der Waals surface area (Å²) in [6, 6.07) is 3.28. The second kappa shape index (κ2) is 7.95. The normalized spacial score (nSPS) is 23.4. The Hall–Kier alpha value is -2.12. The molecule has 0 unspecified atom stereocenters. The lowest BCUT2D eigenvalue weighted by atomic mass is 9.85. The maximum atomic E-state index is 13.0. The van der Waals surface area contributed by atoms with E-state index in [-0.39, 0.29) is 30.2 Å². The van der Waals surface area contributed by atoms with Crippen LogP contribution in [0.3, 0.4) is 0 Å². The van der Waals surface area contributed by atoms with E-state index in [0.717, 1.165) is 30.8 Å². The third-order valence-corrected chi connectivity index (χ3v) is 6.34. The van der Waals surface area contributed by atoms with Crippen LogP contribution in [0.4, 0.5) is 30.2 Å². The van der Waals surface area contributed by atoms with Gasteiger partial charge in [0.05, 0.1) is 28.5 Å². The van der Waals surface area contributed by atoms with E-state index in [1.807, 2.05) is 13.1 Å². The summed E-state index contributed by atoms with van der Waals surface area (Å²) in [5.41, 5.74) is 8.81. The first-order valence-corrected chi connectivity index (χ1v) is 10.2. The number of carbonyl (C=O) groups excluding carboxylic acids is 1. The smallest absolute Gasteiger partial charge is 0.391 e.